The van der Waals surface area contributed by atoms with Crippen molar-refractivity contribution >= 4 is 11.8 Å². The van der Waals surface area contributed by atoms with E-state index in [9.17, 15) is 4.79 Å². The molecule has 1 aliphatic heterocycles. The van der Waals surface area contributed by atoms with Crippen molar-refractivity contribution in [3.63, 3.8) is 0 Å². The van der Waals surface area contributed by atoms with Gasteiger partial charge in [-0.05, 0) is 51.8 Å². The summed E-state index contributed by atoms with van der Waals surface area (Å²) in [5.74, 6) is 1.28. The maximum absolute atomic E-state index is 12.0. The Bertz CT molecular complexity index is 710. The fourth-order valence-electron chi connectivity index (χ4n) is 3.10. The number of rotatable bonds is 4. The molecule has 0 N–H and O–H groups in total. The smallest absolute Gasteiger partial charge is 0.310 e. The van der Waals surface area contributed by atoms with Crippen molar-refractivity contribution < 1.29 is 9.53 Å². The lowest BCUT2D eigenvalue weighted by molar-refractivity contribution is -0.148. The Hall–Kier alpha value is -2.44. The number of carbonyl (C=O) groups excluding carboxylic acids is 1. The summed E-state index contributed by atoms with van der Waals surface area (Å²) in [6.45, 7) is 7.71. The molecular formula is C17H23N5O2. The van der Waals surface area contributed by atoms with Crippen LogP contribution in [-0.4, -0.2) is 45.6 Å². The summed E-state index contributed by atoms with van der Waals surface area (Å²) in [7, 11) is 0. The summed E-state index contributed by atoms with van der Waals surface area (Å²) in [6.07, 6.45) is 1.82. The summed E-state index contributed by atoms with van der Waals surface area (Å²) in [5, 5.41) is 13.0. The average Bonchev–Trinajstić information content (AvgIpc) is 2.94. The highest BCUT2D eigenvalue weighted by atomic mass is 16.5. The number of nitrogens with zero attached hydrogens (tertiary/aromatic N) is 5. The molecule has 0 radical (unpaired) electrons. The van der Waals surface area contributed by atoms with Crippen LogP contribution in [-0.2, 0) is 9.53 Å². The molecule has 0 aromatic carbocycles. The second-order valence-corrected chi connectivity index (χ2v) is 6.13. The lowest BCUT2D eigenvalue weighted by Gasteiger charge is -2.32. The van der Waals surface area contributed by atoms with Crippen LogP contribution in [0.2, 0.25) is 0 Å². The summed E-state index contributed by atoms with van der Waals surface area (Å²) >= 11 is 0. The van der Waals surface area contributed by atoms with E-state index >= 15 is 0 Å². The quantitative estimate of drug-likeness (QED) is 0.800. The second-order valence-electron chi connectivity index (χ2n) is 6.13. The minimum atomic E-state index is -0.116. The summed E-state index contributed by atoms with van der Waals surface area (Å²) < 4.78 is 6.93. The fraction of sp³-hybridized carbons (Fsp3) is 0.529. The van der Waals surface area contributed by atoms with Crippen LogP contribution in [0.4, 0.5) is 5.82 Å². The van der Waals surface area contributed by atoms with Crippen LogP contribution in [0.5, 0.6) is 0 Å². The lowest BCUT2D eigenvalue weighted by Crippen LogP contribution is -2.40. The molecule has 3 heterocycles. The topological polar surface area (TPSA) is 73.1 Å². The number of carbonyl (C=O) groups is 1. The van der Waals surface area contributed by atoms with Crippen molar-refractivity contribution in [2.75, 3.05) is 24.6 Å². The molecule has 0 saturated carbocycles. The van der Waals surface area contributed by atoms with E-state index in [1.807, 2.05) is 39.0 Å². The third-order valence-electron chi connectivity index (χ3n) is 4.23. The van der Waals surface area contributed by atoms with E-state index in [1.54, 1.807) is 4.68 Å². The Morgan fingerprint density at radius 2 is 2.04 bits per heavy atom. The lowest BCUT2D eigenvalue weighted by atomic mass is 9.98. The Balaban J connectivity index is 1.73. The van der Waals surface area contributed by atoms with Crippen LogP contribution in [0.3, 0.4) is 0 Å². The summed E-state index contributed by atoms with van der Waals surface area (Å²) in [6, 6.07) is 5.85. The SMILES string of the molecule is CCOC(=O)[C@H]1CCCN(c2ccc(-n3nc(C)cc3C)nn2)C1. The predicted molar refractivity (Wildman–Crippen MR) is 90.2 cm³/mol. The fourth-order valence-corrected chi connectivity index (χ4v) is 3.10. The van der Waals surface area contributed by atoms with Crippen LogP contribution in [0.1, 0.15) is 31.2 Å². The van der Waals surface area contributed by atoms with Gasteiger partial charge in [0.1, 0.15) is 0 Å². The second kappa shape index (κ2) is 6.98. The molecule has 0 unspecified atom stereocenters. The molecule has 3 rings (SSSR count). The van der Waals surface area contributed by atoms with E-state index < -0.39 is 0 Å². The number of ether oxygens (including phenoxy) is 1. The minimum Gasteiger partial charge on any atom is -0.466 e. The molecule has 24 heavy (non-hydrogen) atoms. The highest BCUT2D eigenvalue weighted by Gasteiger charge is 2.27. The van der Waals surface area contributed by atoms with Gasteiger partial charge in [-0.2, -0.15) is 5.10 Å². The van der Waals surface area contributed by atoms with E-state index in [2.05, 4.69) is 20.2 Å². The molecule has 7 heteroatoms. The average molecular weight is 329 g/mol. The number of anilines is 1. The van der Waals surface area contributed by atoms with E-state index in [0.717, 1.165) is 36.6 Å². The van der Waals surface area contributed by atoms with Crippen LogP contribution in [0, 0.1) is 19.8 Å². The first-order valence-corrected chi connectivity index (χ1v) is 8.37. The normalized spacial score (nSPS) is 17.8. The van der Waals surface area contributed by atoms with E-state index in [0.29, 0.717) is 19.0 Å². The van der Waals surface area contributed by atoms with Gasteiger partial charge in [0.25, 0.3) is 0 Å². The number of aromatic nitrogens is 4. The maximum Gasteiger partial charge on any atom is 0.310 e. The van der Waals surface area contributed by atoms with Crippen LogP contribution >= 0.6 is 0 Å². The van der Waals surface area contributed by atoms with Crippen molar-refractivity contribution in [2.24, 2.45) is 5.92 Å². The number of piperidine rings is 1. The first-order chi connectivity index (χ1) is 11.6. The molecule has 1 atom stereocenters. The third-order valence-corrected chi connectivity index (χ3v) is 4.23. The highest BCUT2D eigenvalue weighted by Crippen LogP contribution is 2.22. The molecule has 0 aliphatic carbocycles. The molecule has 1 aliphatic rings. The van der Waals surface area contributed by atoms with Crippen molar-refractivity contribution in [3.05, 3.63) is 29.6 Å². The highest BCUT2D eigenvalue weighted by molar-refractivity contribution is 5.73. The van der Waals surface area contributed by atoms with Gasteiger partial charge < -0.3 is 9.64 Å². The Morgan fingerprint density at radius 3 is 2.67 bits per heavy atom. The van der Waals surface area contributed by atoms with Crippen molar-refractivity contribution in [1.82, 2.24) is 20.0 Å². The zero-order valence-electron chi connectivity index (χ0n) is 14.4. The number of esters is 1. The van der Waals surface area contributed by atoms with Crippen molar-refractivity contribution in [3.8, 4) is 5.82 Å². The van der Waals surface area contributed by atoms with Gasteiger partial charge in [-0.1, -0.05) is 0 Å². The van der Waals surface area contributed by atoms with Crippen LogP contribution < -0.4 is 4.90 Å². The van der Waals surface area contributed by atoms with Gasteiger partial charge in [-0.15, -0.1) is 10.2 Å². The predicted octanol–water partition coefficient (Wildman–Crippen LogP) is 2.06. The standard InChI is InChI=1S/C17H23N5O2/c1-4-24-17(23)14-6-5-9-21(11-14)15-7-8-16(19-18-15)22-13(3)10-12(2)20-22/h7-8,10,14H,4-6,9,11H2,1-3H3/t14-/m0/s1. The van der Waals surface area contributed by atoms with Crippen LogP contribution in [0.25, 0.3) is 5.82 Å². The Labute approximate surface area is 141 Å². The van der Waals surface area contributed by atoms with E-state index in [-0.39, 0.29) is 11.9 Å². The third kappa shape index (κ3) is 3.39. The summed E-state index contributed by atoms with van der Waals surface area (Å²) in [4.78, 5) is 14.1. The van der Waals surface area contributed by atoms with Gasteiger partial charge in [0, 0.05) is 18.8 Å². The zero-order valence-corrected chi connectivity index (χ0v) is 14.4. The van der Waals surface area contributed by atoms with Crippen molar-refractivity contribution in [1.29, 1.82) is 0 Å². The first-order valence-electron chi connectivity index (χ1n) is 8.37. The van der Waals surface area contributed by atoms with E-state index in [1.165, 1.54) is 0 Å². The van der Waals surface area contributed by atoms with Gasteiger partial charge in [-0.25, -0.2) is 4.68 Å². The monoisotopic (exact) mass is 329 g/mol. The largest absolute Gasteiger partial charge is 0.466 e. The summed E-state index contributed by atoms with van der Waals surface area (Å²) in [5.41, 5.74) is 1.97. The Morgan fingerprint density at radius 1 is 1.29 bits per heavy atom. The molecule has 128 valence electrons. The molecule has 0 spiro atoms. The molecule has 1 saturated heterocycles. The van der Waals surface area contributed by atoms with Gasteiger partial charge >= 0.3 is 5.97 Å². The van der Waals surface area contributed by atoms with Crippen LogP contribution in [0.15, 0.2) is 18.2 Å². The van der Waals surface area contributed by atoms with Gasteiger partial charge in [0.2, 0.25) is 0 Å². The van der Waals surface area contributed by atoms with Crippen molar-refractivity contribution in [2.45, 2.75) is 33.6 Å². The van der Waals surface area contributed by atoms with Gasteiger partial charge in [0.05, 0.1) is 18.2 Å². The Kier molecular flexibility index (Phi) is 4.78. The molecule has 2 aromatic rings. The first kappa shape index (κ1) is 16.4. The number of aryl methyl sites for hydroxylation is 2. The number of hydrogen-bond donors (Lipinski definition) is 0. The van der Waals surface area contributed by atoms with Gasteiger partial charge in [-0.3, -0.25) is 4.79 Å². The zero-order chi connectivity index (χ0) is 17.1. The molecule has 0 bridgehead atoms. The molecule has 2 aromatic heterocycles. The van der Waals surface area contributed by atoms with Gasteiger partial charge in [0.15, 0.2) is 11.6 Å². The molecule has 1 fully saturated rings. The molecular weight excluding hydrogens is 306 g/mol. The van der Waals surface area contributed by atoms with E-state index in [4.69, 9.17) is 4.74 Å². The molecule has 0 amide bonds. The minimum absolute atomic E-state index is 0.0869. The molecule has 7 nitrogen and oxygen atoms in total. The number of hydrogen-bond acceptors (Lipinski definition) is 6. The maximum atomic E-state index is 12.0.